The van der Waals surface area contributed by atoms with Crippen molar-refractivity contribution in [1.82, 2.24) is 4.90 Å². The van der Waals surface area contributed by atoms with Crippen molar-refractivity contribution in [3.05, 3.63) is 27.7 Å². The van der Waals surface area contributed by atoms with E-state index in [9.17, 15) is 9.59 Å². The number of ether oxygens (including phenoxy) is 1. The van der Waals surface area contributed by atoms with Crippen LogP contribution < -0.4 is 4.74 Å². The predicted octanol–water partition coefficient (Wildman–Crippen LogP) is 3.21. The lowest BCUT2D eigenvalue weighted by atomic mass is 10.1. The molecule has 0 aliphatic rings. The molecule has 0 radical (unpaired) electrons. The minimum Gasteiger partial charge on any atom is -0.480 e. The van der Waals surface area contributed by atoms with Crippen LogP contribution in [0.3, 0.4) is 0 Å². The van der Waals surface area contributed by atoms with E-state index in [1.54, 1.807) is 17.9 Å². The number of nitrogens with zero attached hydrogens (tertiary/aromatic N) is 1. The molecule has 0 bridgehead atoms. The Morgan fingerprint density at radius 1 is 1.40 bits per heavy atom. The van der Waals surface area contributed by atoms with Gasteiger partial charge in [-0.05, 0) is 45.4 Å². The van der Waals surface area contributed by atoms with Crippen LogP contribution in [0.25, 0.3) is 0 Å². The van der Waals surface area contributed by atoms with Crippen LogP contribution in [0.1, 0.15) is 36.7 Å². The molecule has 0 heterocycles. The Balaban J connectivity index is 2.98. The lowest BCUT2D eigenvalue weighted by Crippen LogP contribution is -2.40. The lowest BCUT2D eigenvalue weighted by Gasteiger charge is -2.24. The molecule has 1 aromatic rings. The molecule has 0 saturated carbocycles. The zero-order valence-electron chi connectivity index (χ0n) is 12.3. The fraction of sp³-hybridized carbons (Fsp3) is 0.467. The fourth-order valence-electron chi connectivity index (χ4n) is 2.02. The largest absolute Gasteiger partial charge is 0.480 e. The highest BCUT2D eigenvalue weighted by Crippen LogP contribution is 2.28. The Morgan fingerprint density at radius 2 is 2.00 bits per heavy atom. The van der Waals surface area contributed by atoms with E-state index in [4.69, 9.17) is 4.74 Å². The first kappa shape index (κ1) is 16.7. The van der Waals surface area contributed by atoms with Crippen molar-refractivity contribution < 1.29 is 14.3 Å². The molecule has 4 nitrogen and oxygen atoms in total. The summed E-state index contributed by atoms with van der Waals surface area (Å²) in [5.74, 6) is 0.394. The number of hydrogen-bond acceptors (Lipinski definition) is 3. The molecular weight excluding hydrogens is 322 g/mol. The van der Waals surface area contributed by atoms with Gasteiger partial charge in [-0.15, -0.1) is 0 Å². The molecule has 5 heteroatoms. The molecule has 0 fully saturated rings. The number of hydrogen-bond donors (Lipinski definition) is 0. The van der Waals surface area contributed by atoms with Gasteiger partial charge in [0.25, 0.3) is 5.91 Å². The zero-order chi connectivity index (χ0) is 15.3. The lowest BCUT2D eigenvalue weighted by molar-refractivity contribution is -0.137. The van der Waals surface area contributed by atoms with E-state index in [0.29, 0.717) is 24.4 Å². The first-order valence-corrected chi connectivity index (χ1v) is 7.44. The van der Waals surface area contributed by atoms with Gasteiger partial charge in [0.15, 0.2) is 12.4 Å². The van der Waals surface area contributed by atoms with Gasteiger partial charge >= 0.3 is 0 Å². The quantitative estimate of drug-likeness (QED) is 0.746. The van der Waals surface area contributed by atoms with Crippen molar-refractivity contribution in [1.29, 1.82) is 0 Å². The van der Waals surface area contributed by atoms with Gasteiger partial charge < -0.3 is 9.64 Å². The van der Waals surface area contributed by atoms with E-state index in [-0.39, 0.29) is 5.91 Å². The summed E-state index contributed by atoms with van der Waals surface area (Å²) in [6.07, 6.45) is 0.121. The molecule has 0 aromatic heterocycles. The number of amides is 1. The van der Waals surface area contributed by atoms with Gasteiger partial charge in [0.1, 0.15) is 5.75 Å². The van der Waals surface area contributed by atoms with Gasteiger partial charge in [0.05, 0.1) is 5.56 Å². The smallest absolute Gasteiger partial charge is 0.263 e. The van der Waals surface area contributed by atoms with Crippen LogP contribution in [0, 0.1) is 6.92 Å². The van der Waals surface area contributed by atoms with Crippen molar-refractivity contribution in [2.45, 2.75) is 33.8 Å². The normalized spacial score (nSPS) is 11.8. The van der Waals surface area contributed by atoms with Crippen LogP contribution in [0.4, 0.5) is 0 Å². The fourth-order valence-corrected chi connectivity index (χ4v) is 2.61. The van der Waals surface area contributed by atoms with Crippen LogP contribution in [0.15, 0.2) is 16.6 Å². The Labute approximate surface area is 128 Å². The van der Waals surface area contributed by atoms with Gasteiger partial charge in [0.2, 0.25) is 0 Å². The number of benzene rings is 1. The summed E-state index contributed by atoms with van der Waals surface area (Å²) >= 11 is 3.34. The minimum atomic E-state index is -0.617. The molecule has 110 valence electrons. The van der Waals surface area contributed by atoms with Crippen LogP contribution in [-0.4, -0.2) is 36.3 Å². The maximum atomic E-state index is 12.2. The number of aldehydes is 1. The molecule has 0 aliphatic carbocycles. The average molecular weight is 342 g/mol. The number of carbonyl (C=O) groups is 2. The second kappa shape index (κ2) is 7.43. The van der Waals surface area contributed by atoms with E-state index >= 15 is 0 Å². The third-order valence-corrected chi connectivity index (χ3v) is 3.57. The summed E-state index contributed by atoms with van der Waals surface area (Å²) < 4.78 is 6.54. The van der Waals surface area contributed by atoms with Crippen molar-refractivity contribution in [3.63, 3.8) is 0 Å². The molecule has 0 spiro atoms. The van der Waals surface area contributed by atoms with Crippen LogP contribution in [0.2, 0.25) is 0 Å². The number of halogens is 1. The van der Waals surface area contributed by atoms with E-state index in [0.717, 1.165) is 16.3 Å². The van der Waals surface area contributed by atoms with E-state index in [1.165, 1.54) is 0 Å². The highest BCUT2D eigenvalue weighted by molar-refractivity contribution is 9.10. The molecule has 1 unspecified atom stereocenters. The SMILES string of the molecule is CCN(CC)C(=O)C(C)Oc1c(C)cc(Br)cc1C=O. The Morgan fingerprint density at radius 3 is 2.50 bits per heavy atom. The molecule has 0 aliphatic heterocycles. The monoisotopic (exact) mass is 341 g/mol. The van der Waals surface area contributed by atoms with E-state index in [2.05, 4.69) is 15.9 Å². The highest BCUT2D eigenvalue weighted by atomic mass is 79.9. The summed E-state index contributed by atoms with van der Waals surface area (Å²) in [5, 5.41) is 0. The van der Waals surface area contributed by atoms with Crippen molar-refractivity contribution in [2.24, 2.45) is 0 Å². The second-order valence-corrected chi connectivity index (χ2v) is 5.45. The Hall–Kier alpha value is -1.36. The van der Waals surface area contributed by atoms with Crippen molar-refractivity contribution in [3.8, 4) is 5.75 Å². The molecule has 1 aromatic carbocycles. The Kier molecular flexibility index (Phi) is 6.20. The van der Waals surface area contributed by atoms with Crippen LogP contribution >= 0.6 is 15.9 Å². The molecule has 0 saturated heterocycles. The zero-order valence-corrected chi connectivity index (χ0v) is 13.9. The third-order valence-electron chi connectivity index (χ3n) is 3.11. The average Bonchev–Trinajstić information content (AvgIpc) is 2.42. The number of likely N-dealkylation sites (N-methyl/N-ethyl adjacent to an activating group) is 1. The molecule has 20 heavy (non-hydrogen) atoms. The maximum absolute atomic E-state index is 12.2. The summed E-state index contributed by atoms with van der Waals surface area (Å²) in [4.78, 5) is 25.0. The molecular formula is C15H20BrNO3. The van der Waals surface area contributed by atoms with Gasteiger partial charge in [-0.3, -0.25) is 9.59 Å². The topological polar surface area (TPSA) is 46.6 Å². The second-order valence-electron chi connectivity index (χ2n) is 4.53. The van der Waals surface area contributed by atoms with Crippen LogP contribution in [0.5, 0.6) is 5.75 Å². The van der Waals surface area contributed by atoms with E-state index < -0.39 is 6.10 Å². The minimum absolute atomic E-state index is 0.0748. The molecule has 1 atom stereocenters. The predicted molar refractivity (Wildman–Crippen MR) is 82.3 cm³/mol. The number of aryl methyl sites for hydroxylation is 1. The summed E-state index contributed by atoms with van der Waals surface area (Å²) in [7, 11) is 0. The third kappa shape index (κ3) is 3.82. The van der Waals surface area contributed by atoms with E-state index in [1.807, 2.05) is 26.8 Å². The number of carbonyl (C=O) groups excluding carboxylic acids is 2. The summed E-state index contributed by atoms with van der Waals surface area (Å²) in [6.45, 7) is 8.69. The number of rotatable bonds is 6. The Bertz CT molecular complexity index is 498. The summed E-state index contributed by atoms with van der Waals surface area (Å²) in [6, 6.07) is 3.54. The van der Waals surface area contributed by atoms with Gasteiger partial charge in [-0.25, -0.2) is 0 Å². The molecule has 0 N–H and O–H groups in total. The highest BCUT2D eigenvalue weighted by Gasteiger charge is 2.21. The standard InChI is InChI=1S/C15H20BrNO3/c1-5-17(6-2)15(19)11(4)20-14-10(3)7-13(16)8-12(14)9-18/h7-9,11H,5-6H2,1-4H3. The molecule has 1 amide bonds. The maximum Gasteiger partial charge on any atom is 0.263 e. The summed E-state index contributed by atoms with van der Waals surface area (Å²) in [5.41, 5.74) is 1.26. The van der Waals surface area contributed by atoms with Gasteiger partial charge in [-0.1, -0.05) is 15.9 Å². The van der Waals surface area contributed by atoms with Crippen molar-refractivity contribution >= 4 is 28.1 Å². The first-order chi connectivity index (χ1) is 9.44. The van der Waals surface area contributed by atoms with Gasteiger partial charge in [-0.2, -0.15) is 0 Å². The first-order valence-electron chi connectivity index (χ1n) is 6.65. The molecule has 1 rings (SSSR count). The van der Waals surface area contributed by atoms with Gasteiger partial charge in [0, 0.05) is 17.6 Å². The van der Waals surface area contributed by atoms with Crippen LogP contribution in [-0.2, 0) is 4.79 Å². The van der Waals surface area contributed by atoms with Crippen molar-refractivity contribution in [2.75, 3.05) is 13.1 Å².